The highest BCUT2D eigenvalue weighted by molar-refractivity contribution is 5.47. The Labute approximate surface area is 131 Å². The Morgan fingerprint density at radius 3 is 2.55 bits per heavy atom. The standard InChI is InChI=1S/C19H23NO2/c21-12-10-19(9-11-20-14-19)17-8-4-7-16(18(17)22)13-15-5-2-1-3-6-15/h1-8,20-22H,9-14H2. The second-order valence-electron chi connectivity index (χ2n) is 6.16. The molecule has 1 atom stereocenters. The highest BCUT2D eigenvalue weighted by Gasteiger charge is 2.37. The summed E-state index contributed by atoms with van der Waals surface area (Å²) in [5.41, 5.74) is 2.97. The van der Waals surface area contributed by atoms with Crippen molar-refractivity contribution in [2.45, 2.75) is 24.7 Å². The minimum Gasteiger partial charge on any atom is -0.507 e. The lowest BCUT2D eigenvalue weighted by atomic mass is 9.76. The van der Waals surface area contributed by atoms with Gasteiger partial charge in [0.2, 0.25) is 0 Å². The molecule has 2 aromatic rings. The van der Waals surface area contributed by atoms with E-state index in [1.54, 1.807) is 0 Å². The first kappa shape index (κ1) is 15.1. The molecule has 0 aliphatic carbocycles. The number of benzene rings is 2. The molecule has 1 aliphatic rings. The van der Waals surface area contributed by atoms with E-state index in [0.29, 0.717) is 12.2 Å². The van der Waals surface area contributed by atoms with E-state index in [4.69, 9.17) is 0 Å². The van der Waals surface area contributed by atoms with Gasteiger partial charge in [-0.1, -0.05) is 48.5 Å². The molecule has 0 spiro atoms. The Kier molecular flexibility index (Phi) is 4.46. The fraction of sp³-hybridized carbons (Fsp3) is 0.368. The van der Waals surface area contributed by atoms with E-state index in [9.17, 15) is 10.2 Å². The number of nitrogens with one attached hydrogen (secondary N) is 1. The molecular formula is C19H23NO2. The van der Waals surface area contributed by atoms with Crippen LogP contribution in [-0.4, -0.2) is 29.9 Å². The topological polar surface area (TPSA) is 52.5 Å². The molecule has 116 valence electrons. The molecule has 1 heterocycles. The molecule has 3 heteroatoms. The molecule has 1 aliphatic heterocycles. The van der Waals surface area contributed by atoms with Crippen molar-refractivity contribution in [2.24, 2.45) is 0 Å². The summed E-state index contributed by atoms with van der Waals surface area (Å²) in [7, 11) is 0. The number of para-hydroxylation sites is 1. The zero-order chi connectivity index (χ0) is 15.4. The van der Waals surface area contributed by atoms with Crippen molar-refractivity contribution in [3.8, 4) is 5.75 Å². The summed E-state index contributed by atoms with van der Waals surface area (Å²) < 4.78 is 0. The number of hydrogen-bond donors (Lipinski definition) is 3. The van der Waals surface area contributed by atoms with Gasteiger partial charge in [-0.05, 0) is 30.5 Å². The molecule has 0 radical (unpaired) electrons. The van der Waals surface area contributed by atoms with Crippen molar-refractivity contribution in [1.82, 2.24) is 5.32 Å². The molecule has 0 amide bonds. The number of phenols is 1. The van der Waals surface area contributed by atoms with Gasteiger partial charge < -0.3 is 15.5 Å². The van der Waals surface area contributed by atoms with Gasteiger partial charge in [0.1, 0.15) is 5.75 Å². The highest BCUT2D eigenvalue weighted by Crippen LogP contribution is 2.40. The zero-order valence-electron chi connectivity index (χ0n) is 12.8. The third kappa shape index (κ3) is 2.87. The third-order valence-electron chi connectivity index (χ3n) is 4.76. The van der Waals surface area contributed by atoms with Crippen molar-refractivity contribution in [2.75, 3.05) is 19.7 Å². The van der Waals surface area contributed by atoms with E-state index in [2.05, 4.69) is 17.4 Å². The maximum atomic E-state index is 10.8. The summed E-state index contributed by atoms with van der Waals surface area (Å²) in [5, 5.41) is 23.6. The van der Waals surface area contributed by atoms with Crippen LogP contribution in [0.25, 0.3) is 0 Å². The summed E-state index contributed by atoms with van der Waals surface area (Å²) in [5.74, 6) is 0.392. The molecule has 1 saturated heterocycles. The first-order valence-electron chi connectivity index (χ1n) is 7.92. The normalized spacial score (nSPS) is 21.1. The minimum absolute atomic E-state index is 0.143. The maximum absolute atomic E-state index is 10.8. The van der Waals surface area contributed by atoms with Gasteiger partial charge in [-0.3, -0.25) is 0 Å². The average Bonchev–Trinajstić information content (AvgIpc) is 3.00. The molecule has 0 aromatic heterocycles. The van der Waals surface area contributed by atoms with Crippen LogP contribution >= 0.6 is 0 Å². The summed E-state index contributed by atoms with van der Waals surface area (Å²) >= 11 is 0. The van der Waals surface area contributed by atoms with Crippen molar-refractivity contribution in [1.29, 1.82) is 0 Å². The lowest BCUT2D eigenvalue weighted by molar-refractivity contribution is 0.241. The van der Waals surface area contributed by atoms with Crippen LogP contribution in [0.1, 0.15) is 29.5 Å². The van der Waals surface area contributed by atoms with Crippen LogP contribution in [-0.2, 0) is 11.8 Å². The van der Waals surface area contributed by atoms with Crippen LogP contribution in [0.3, 0.4) is 0 Å². The van der Waals surface area contributed by atoms with Gasteiger partial charge in [0.05, 0.1) is 0 Å². The van der Waals surface area contributed by atoms with Gasteiger partial charge in [-0.25, -0.2) is 0 Å². The highest BCUT2D eigenvalue weighted by atomic mass is 16.3. The van der Waals surface area contributed by atoms with Crippen LogP contribution < -0.4 is 5.32 Å². The summed E-state index contributed by atoms with van der Waals surface area (Å²) in [6, 6.07) is 16.2. The van der Waals surface area contributed by atoms with Gasteiger partial charge >= 0.3 is 0 Å². The molecule has 22 heavy (non-hydrogen) atoms. The zero-order valence-corrected chi connectivity index (χ0v) is 12.8. The number of rotatable bonds is 5. The van der Waals surface area contributed by atoms with Gasteiger partial charge in [-0.2, -0.15) is 0 Å². The van der Waals surface area contributed by atoms with Crippen molar-refractivity contribution < 1.29 is 10.2 Å². The number of aliphatic hydroxyl groups excluding tert-OH is 1. The molecule has 0 saturated carbocycles. The third-order valence-corrected chi connectivity index (χ3v) is 4.76. The van der Waals surface area contributed by atoms with E-state index in [1.165, 1.54) is 5.56 Å². The van der Waals surface area contributed by atoms with Crippen LogP contribution in [0.2, 0.25) is 0 Å². The van der Waals surface area contributed by atoms with E-state index in [0.717, 1.165) is 37.1 Å². The van der Waals surface area contributed by atoms with Crippen molar-refractivity contribution >= 4 is 0 Å². The van der Waals surface area contributed by atoms with Crippen molar-refractivity contribution in [3.63, 3.8) is 0 Å². The quantitative estimate of drug-likeness (QED) is 0.795. The number of hydrogen-bond acceptors (Lipinski definition) is 3. The lowest BCUT2D eigenvalue weighted by Gasteiger charge is -2.29. The molecule has 1 fully saturated rings. The second-order valence-corrected chi connectivity index (χ2v) is 6.16. The molecule has 0 bridgehead atoms. The molecule has 1 unspecified atom stereocenters. The summed E-state index contributed by atoms with van der Waals surface area (Å²) in [4.78, 5) is 0. The molecule has 2 aromatic carbocycles. The summed E-state index contributed by atoms with van der Waals surface area (Å²) in [6.07, 6.45) is 2.36. The Morgan fingerprint density at radius 2 is 1.86 bits per heavy atom. The minimum atomic E-state index is -0.147. The Bertz CT molecular complexity index is 619. The number of aliphatic hydroxyl groups is 1. The van der Waals surface area contributed by atoms with Crippen molar-refractivity contribution in [3.05, 3.63) is 65.2 Å². The first-order valence-corrected chi connectivity index (χ1v) is 7.92. The smallest absolute Gasteiger partial charge is 0.122 e. The first-order chi connectivity index (χ1) is 10.7. The second kappa shape index (κ2) is 6.51. The predicted octanol–water partition coefficient (Wildman–Crippen LogP) is 2.60. The largest absolute Gasteiger partial charge is 0.507 e. The Morgan fingerprint density at radius 1 is 1.05 bits per heavy atom. The van der Waals surface area contributed by atoms with Crippen LogP contribution in [0, 0.1) is 0 Å². The lowest BCUT2D eigenvalue weighted by Crippen LogP contribution is -2.30. The predicted molar refractivity (Wildman–Crippen MR) is 88.2 cm³/mol. The van der Waals surface area contributed by atoms with Crippen LogP contribution in [0.5, 0.6) is 5.75 Å². The Hall–Kier alpha value is -1.84. The SMILES string of the molecule is OCCC1(c2cccc(Cc3ccccc3)c2O)CCNC1. The van der Waals surface area contributed by atoms with Gasteiger partial charge in [0.15, 0.2) is 0 Å². The van der Waals surface area contributed by atoms with Gasteiger partial charge in [-0.15, -0.1) is 0 Å². The molecule has 3 rings (SSSR count). The van der Waals surface area contributed by atoms with Crippen LogP contribution in [0.15, 0.2) is 48.5 Å². The Balaban J connectivity index is 1.94. The summed E-state index contributed by atoms with van der Waals surface area (Å²) in [6.45, 7) is 1.89. The van der Waals surface area contributed by atoms with E-state index in [-0.39, 0.29) is 12.0 Å². The van der Waals surface area contributed by atoms with Gasteiger partial charge in [0, 0.05) is 30.6 Å². The number of phenolic OH excluding ortho intramolecular Hbond substituents is 1. The monoisotopic (exact) mass is 297 g/mol. The van der Waals surface area contributed by atoms with E-state index in [1.807, 2.05) is 36.4 Å². The molecule has 3 nitrogen and oxygen atoms in total. The fourth-order valence-electron chi connectivity index (χ4n) is 3.51. The fourth-order valence-corrected chi connectivity index (χ4v) is 3.51. The molecule has 3 N–H and O–H groups in total. The average molecular weight is 297 g/mol. The van der Waals surface area contributed by atoms with Crippen LogP contribution in [0.4, 0.5) is 0 Å². The van der Waals surface area contributed by atoms with E-state index < -0.39 is 0 Å². The maximum Gasteiger partial charge on any atom is 0.122 e. The number of aromatic hydroxyl groups is 1. The van der Waals surface area contributed by atoms with E-state index >= 15 is 0 Å². The van der Waals surface area contributed by atoms with Gasteiger partial charge in [0.25, 0.3) is 0 Å². The molecular weight excluding hydrogens is 274 g/mol.